The second-order valence-corrected chi connectivity index (χ2v) is 4.58. The lowest BCUT2D eigenvalue weighted by molar-refractivity contribution is -0.148. The van der Waals surface area contributed by atoms with Crippen LogP contribution in [0.5, 0.6) is 5.75 Å². The summed E-state index contributed by atoms with van der Waals surface area (Å²) in [6.07, 6.45) is 1.55. The van der Waals surface area contributed by atoms with Gasteiger partial charge in [-0.2, -0.15) is 0 Å². The van der Waals surface area contributed by atoms with Gasteiger partial charge in [0, 0.05) is 24.9 Å². The number of hydrogen-bond donors (Lipinski definition) is 1. The van der Waals surface area contributed by atoms with Crippen LogP contribution < -0.4 is 10.5 Å². The number of imide groups is 1. The Hall–Kier alpha value is -1.88. The molecule has 102 valence electrons. The van der Waals surface area contributed by atoms with E-state index >= 15 is 0 Å². The standard InChI is InChI=1S/C14H18N2O3/c1-19-12-7-10(5-6-11(12)8-15)9-16-13(17)3-2-4-14(16)18/h5-7H,2-4,8-9,15H2,1H3. The molecule has 0 spiro atoms. The Balaban J connectivity index is 2.18. The molecular weight excluding hydrogens is 244 g/mol. The second-order valence-electron chi connectivity index (χ2n) is 4.58. The lowest BCUT2D eigenvalue weighted by Crippen LogP contribution is -2.39. The molecule has 1 saturated heterocycles. The van der Waals surface area contributed by atoms with E-state index in [0.29, 0.717) is 38.1 Å². The summed E-state index contributed by atoms with van der Waals surface area (Å²) < 4.78 is 5.25. The third-order valence-corrected chi connectivity index (χ3v) is 3.30. The van der Waals surface area contributed by atoms with Gasteiger partial charge in [-0.1, -0.05) is 12.1 Å². The molecule has 0 aromatic heterocycles. The topological polar surface area (TPSA) is 72.6 Å². The number of amides is 2. The number of nitrogens with zero attached hydrogens (tertiary/aromatic N) is 1. The van der Waals surface area contributed by atoms with Crippen molar-refractivity contribution in [1.82, 2.24) is 4.90 Å². The predicted octanol–water partition coefficient (Wildman–Crippen LogP) is 1.19. The van der Waals surface area contributed by atoms with Crippen LogP contribution in [0.1, 0.15) is 30.4 Å². The summed E-state index contributed by atoms with van der Waals surface area (Å²) in [5.74, 6) is 0.494. The molecule has 0 radical (unpaired) electrons. The zero-order chi connectivity index (χ0) is 13.8. The molecule has 1 aliphatic heterocycles. The van der Waals surface area contributed by atoms with E-state index in [1.807, 2.05) is 18.2 Å². The molecule has 5 nitrogen and oxygen atoms in total. The molecule has 2 rings (SSSR count). The molecule has 0 bridgehead atoms. The lowest BCUT2D eigenvalue weighted by atomic mass is 10.1. The van der Waals surface area contributed by atoms with Crippen LogP contribution in [0.15, 0.2) is 18.2 Å². The fourth-order valence-corrected chi connectivity index (χ4v) is 2.21. The first-order valence-electron chi connectivity index (χ1n) is 6.34. The van der Waals surface area contributed by atoms with Crippen molar-refractivity contribution in [3.63, 3.8) is 0 Å². The molecule has 0 saturated carbocycles. The van der Waals surface area contributed by atoms with Crippen molar-refractivity contribution in [3.8, 4) is 5.75 Å². The van der Waals surface area contributed by atoms with Gasteiger partial charge in [-0.05, 0) is 18.1 Å². The van der Waals surface area contributed by atoms with Gasteiger partial charge < -0.3 is 10.5 Å². The Bertz CT molecular complexity index is 483. The minimum atomic E-state index is -0.0990. The molecule has 1 heterocycles. The van der Waals surface area contributed by atoms with E-state index < -0.39 is 0 Å². The molecule has 1 aliphatic rings. The number of hydrogen-bond acceptors (Lipinski definition) is 4. The quantitative estimate of drug-likeness (QED) is 0.827. The van der Waals surface area contributed by atoms with Crippen molar-refractivity contribution < 1.29 is 14.3 Å². The molecule has 2 amide bonds. The van der Waals surface area contributed by atoms with Gasteiger partial charge >= 0.3 is 0 Å². The Kier molecular flexibility index (Phi) is 4.16. The average Bonchev–Trinajstić information content (AvgIpc) is 2.42. The van der Waals surface area contributed by atoms with Crippen LogP contribution in [0.25, 0.3) is 0 Å². The third-order valence-electron chi connectivity index (χ3n) is 3.30. The van der Waals surface area contributed by atoms with Gasteiger partial charge in [0.1, 0.15) is 5.75 Å². The summed E-state index contributed by atoms with van der Waals surface area (Å²) in [5, 5.41) is 0. The van der Waals surface area contributed by atoms with E-state index in [0.717, 1.165) is 11.1 Å². The maximum Gasteiger partial charge on any atom is 0.229 e. The van der Waals surface area contributed by atoms with E-state index in [1.54, 1.807) is 7.11 Å². The first kappa shape index (κ1) is 13.5. The number of likely N-dealkylation sites (tertiary alicyclic amines) is 1. The molecule has 1 aromatic carbocycles. The number of rotatable bonds is 4. The van der Waals surface area contributed by atoms with Crippen molar-refractivity contribution >= 4 is 11.8 Å². The van der Waals surface area contributed by atoms with Crippen molar-refractivity contribution in [2.75, 3.05) is 7.11 Å². The minimum Gasteiger partial charge on any atom is -0.496 e. The van der Waals surface area contributed by atoms with Crippen LogP contribution in [0, 0.1) is 0 Å². The van der Waals surface area contributed by atoms with Gasteiger partial charge in [-0.15, -0.1) is 0 Å². The summed E-state index contributed by atoms with van der Waals surface area (Å²) in [6, 6.07) is 5.57. The molecule has 0 unspecified atom stereocenters. The van der Waals surface area contributed by atoms with Gasteiger partial charge in [-0.25, -0.2) is 0 Å². The molecule has 0 atom stereocenters. The molecule has 19 heavy (non-hydrogen) atoms. The summed E-state index contributed by atoms with van der Waals surface area (Å²) in [4.78, 5) is 24.8. The number of piperidine rings is 1. The smallest absolute Gasteiger partial charge is 0.229 e. The highest BCUT2D eigenvalue weighted by atomic mass is 16.5. The van der Waals surface area contributed by atoms with E-state index in [1.165, 1.54) is 4.90 Å². The van der Waals surface area contributed by atoms with Gasteiger partial charge in [-0.3, -0.25) is 14.5 Å². The van der Waals surface area contributed by atoms with Crippen LogP contribution in [-0.2, 0) is 22.7 Å². The molecule has 0 aliphatic carbocycles. The van der Waals surface area contributed by atoms with E-state index in [9.17, 15) is 9.59 Å². The average molecular weight is 262 g/mol. The normalized spacial score (nSPS) is 15.8. The van der Waals surface area contributed by atoms with Crippen LogP contribution in [0.2, 0.25) is 0 Å². The van der Waals surface area contributed by atoms with Gasteiger partial charge in [0.25, 0.3) is 0 Å². The number of ether oxygens (including phenoxy) is 1. The summed E-state index contributed by atoms with van der Waals surface area (Å²) >= 11 is 0. The zero-order valence-electron chi connectivity index (χ0n) is 11.0. The fraction of sp³-hybridized carbons (Fsp3) is 0.429. The second kappa shape index (κ2) is 5.84. The fourth-order valence-electron chi connectivity index (χ4n) is 2.21. The highest BCUT2D eigenvalue weighted by Crippen LogP contribution is 2.22. The van der Waals surface area contributed by atoms with Gasteiger partial charge in [0.2, 0.25) is 11.8 Å². The maximum absolute atomic E-state index is 11.7. The minimum absolute atomic E-state index is 0.0990. The van der Waals surface area contributed by atoms with Crippen molar-refractivity contribution in [1.29, 1.82) is 0 Å². The number of carbonyl (C=O) groups excluding carboxylic acids is 2. The molecule has 1 fully saturated rings. The first-order valence-corrected chi connectivity index (χ1v) is 6.34. The largest absolute Gasteiger partial charge is 0.496 e. The Labute approximate surface area is 112 Å². The van der Waals surface area contributed by atoms with Gasteiger partial charge in [0.15, 0.2) is 0 Å². The Morgan fingerprint density at radius 3 is 2.53 bits per heavy atom. The highest BCUT2D eigenvalue weighted by Gasteiger charge is 2.25. The van der Waals surface area contributed by atoms with E-state index in [4.69, 9.17) is 10.5 Å². The third kappa shape index (κ3) is 2.93. The van der Waals surface area contributed by atoms with E-state index in [2.05, 4.69) is 0 Å². The van der Waals surface area contributed by atoms with E-state index in [-0.39, 0.29) is 11.8 Å². The summed E-state index contributed by atoms with van der Waals surface area (Å²) in [6.45, 7) is 0.698. The Morgan fingerprint density at radius 1 is 1.26 bits per heavy atom. The SMILES string of the molecule is COc1cc(CN2C(=O)CCCC2=O)ccc1CN. The summed E-state index contributed by atoms with van der Waals surface area (Å²) in [5.41, 5.74) is 7.38. The molecular formula is C14H18N2O3. The predicted molar refractivity (Wildman–Crippen MR) is 70.3 cm³/mol. The first-order chi connectivity index (χ1) is 9.15. The molecule has 5 heteroatoms. The van der Waals surface area contributed by atoms with Crippen molar-refractivity contribution in [3.05, 3.63) is 29.3 Å². The number of carbonyl (C=O) groups is 2. The van der Waals surface area contributed by atoms with Crippen molar-refractivity contribution in [2.24, 2.45) is 5.73 Å². The highest BCUT2D eigenvalue weighted by molar-refractivity contribution is 5.97. The van der Waals surface area contributed by atoms with Crippen LogP contribution in [0.3, 0.4) is 0 Å². The molecule has 2 N–H and O–H groups in total. The monoisotopic (exact) mass is 262 g/mol. The lowest BCUT2D eigenvalue weighted by Gasteiger charge is -2.25. The van der Waals surface area contributed by atoms with Crippen molar-refractivity contribution in [2.45, 2.75) is 32.4 Å². The molecule has 1 aromatic rings. The number of methoxy groups -OCH3 is 1. The summed E-state index contributed by atoms with van der Waals surface area (Å²) in [7, 11) is 1.58. The maximum atomic E-state index is 11.7. The Morgan fingerprint density at radius 2 is 1.95 bits per heavy atom. The number of nitrogens with two attached hydrogens (primary N) is 1. The van der Waals surface area contributed by atoms with Crippen LogP contribution >= 0.6 is 0 Å². The zero-order valence-corrected chi connectivity index (χ0v) is 11.0. The van der Waals surface area contributed by atoms with Gasteiger partial charge in [0.05, 0.1) is 13.7 Å². The van der Waals surface area contributed by atoms with Crippen LogP contribution in [-0.4, -0.2) is 23.8 Å². The number of benzene rings is 1. The van der Waals surface area contributed by atoms with Crippen LogP contribution in [0.4, 0.5) is 0 Å².